The Morgan fingerprint density at radius 3 is 2.70 bits per heavy atom. The van der Waals surface area contributed by atoms with Gasteiger partial charge in [0, 0.05) is 54.9 Å². The van der Waals surface area contributed by atoms with Crippen LogP contribution in [0.3, 0.4) is 0 Å². The third kappa shape index (κ3) is 3.60. The summed E-state index contributed by atoms with van der Waals surface area (Å²) in [5.74, 6) is 0.989. The molecule has 0 aliphatic carbocycles. The molecular weight excluding hydrogens is 336 g/mol. The van der Waals surface area contributed by atoms with Gasteiger partial charge in [0.2, 0.25) is 0 Å². The van der Waals surface area contributed by atoms with Gasteiger partial charge in [-0.2, -0.15) is 5.10 Å². The molecule has 0 radical (unpaired) electrons. The number of nitrogens with zero attached hydrogens (tertiary/aromatic N) is 4. The maximum Gasteiger partial charge on any atom is 0.123 e. The summed E-state index contributed by atoms with van der Waals surface area (Å²) in [6.07, 6.45) is 5.67. The van der Waals surface area contributed by atoms with E-state index in [4.69, 9.17) is 4.74 Å². The fourth-order valence-electron chi connectivity index (χ4n) is 3.65. The van der Waals surface area contributed by atoms with Gasteiger partial charge in [0.1, 0.15) is 12.4 Å². The first-order valence-corrected chi connectivity index (χ1v) is 9.57. The van der Waals surface area contributed by atoms with Crippen molar-refractivity contribution in [2.24, 2.45) is 0 Å². The molecule has 1 atom stereocenters. The second kappa shape index (κ2) is 7.53. The van der Waals surface area contributed by atoms with Crippen LogP contribution < -0.4 is 4.74 Å². The van der Waals surface area contributed by atoms with Crippen LogP contribution in [0.25, 0.3) is 11.1 Å². The minimum absolute atomic E-state index is 0.339. The Bertz CT molecular complexity index is 919. The second-order valence-electron chi connectivity index (χ2n) is 7.19. The van der Waals surface area contributed by atoms with E-state index in [1.54, 1.807) is 0 Å². The molecule has 0 saturated heterocycles. The van der Waals surface area contributed by atoms with Gasteiger partial charge in [-0.05, 0) is 56.2 Å². The van der Waals surface area contributed by atoms with Gasteiger partial charge in [-0.25, -0.2) is 0 Å². The van der Waals surface area contributed by atoms with Crippen molar-refractivity contribution in [2.45, 2.75) is 46.4 Å². The molecule has 0 saturated carbocycles. The molecule has 3 heterocycles. The summed E-state index contributed by atoms with van der Waals surface area (Å²) in [6.45, 7) is 9.87. The Morgan fingerprint density at radius 2 is 1.96 bits per heavy atom. The lowest BCUT2D eigenvalue weighted by Gasteiger charge is -2.26. The van der Waals surface area contributed by atoms with E-state index in [2.05, 4.69) is 58.6 Å². The third-order valence-electron chi connectivity index (χ3n) is 5.43. The molecule has 0 N–H and O–H groups in total. The molecule has 5 heteroatoms. The molecule has 1 aliphatic rings. The first kappa shape index (κ1) is 17.7. The van der Waals surface area contributed by atoms with Crippen LogP contribution in [0.4, 0.5) is 0 Å². The van der Waals surface area contributed by atoms with Crippen LogP contribution in [-0.2, 0) is 19.6 Å². The SMILES string of the molecule is CCn1ncc(CN2Cc3cc(-c4ccncc4)ccc3OC[C@@H]2C)c1C. The normalized spacial score (nSPS) is 17.2. The minimum atomic E-state index is 0.339. The zero-order valence-corrected chi connectivity index (χ0v) is 16.2. The summed E-state index contributed by atoms with van der Waals surface area (Å²) >= 11 is 0. The predicted octanol–water partition coefficient (Wildman–Crippen LogP) is 4.06. The van der Waals surface area contributed by atoms with Crippen molar-refractivity contribution in [2.75, 3.05) is 6.61 Å². The number of benzene rings is 1. The average Bonchev–Trinajstić information content (AvgIpc) is 2.97. The molecule has 2 aromatic heterocycles. The van der Waals surface area contributed by atoms with Gasteiger partial charge in [0.25, 0.3) is 0 Å². The van der Waals surface area contributed by atoms with Gasteiger partial charge >= 0.3 is 0 Å². The Labute approximate surface area is 160 Å². The number of aromatic nitrogens is 3. The summed E-state index contributed by atoms with van der Waals surface area (Å²) in [5.41, 5.74) is 6.15. The zero-order chi connectivity index (χ0) is 18.8. The van der Waals surface area contributed by atoms with Crippen LogP contribution in [0.2, 0.25) is 0 Å². The Kier molecular flexibility index (Phi) is 4.94. The summed E-state index contributed by atoms with van der Waals surface area (Å²) in [6, 6.07) is 10.9. The van der Waals surface area contributed by atoms with E-state index in [9.17, 15) is 0 Å². The quantitative estimate of drug-likeness (QED) is 0.702. The summed E-state index contributed by atoms with van der Waals surface area (Å²) in [5, 5.41) is 4.50. The van der Waals surface area contributed by atoms with Crippen LogP contribution in [-0.4, -0.2) is 32.3 Å². The van der Waals surface area contributed by atoms with Gasteiger partial charge in [-0.15, -0.1) is 0 Å². The molecule has 1 aliphatic heterocycles. The topological polar surface area (TPSA) is 43.2 Å². The second-order valence-corrected chi connectivity index (χ2v) is 7.19. The molecule has 1 aromatic carbocycles. The highest BCUT2D eigenvalue weighted by Crippen LogP contribution is 2.31. The maximum atomic E-state index is 6.10. The number of pyridine rings is 1. The van der Waals surface area contributed by atoms with Gasteiger partial charge in [-0.3, -0.25) is 14.6 Å². The van der Waals surface area contributed by atoms with Gasteiger partial charge < -0.3 is 4.74 Å². The minimum Gasteiger partial charge on any atom is -0.492 e. The highest BCUT2D eigenvalue weighted by Gasteiger charge is 2.23. The first-order valence-electron chi connectivity index (χ1n) is 9.57. The highest BCUT2D eigenvalue weighted by atomic mass is 16.5. The van der Waals surface area contributed by atoms with E-state index in [1.165, 1.54) is 27.9 Å². The molecule has 3 aromatic rings. The molecule has 5 nitrogen and oxygen atoms in total. The molecule has 0 fully saturated rings. The lowest BCUT2D eigenvalue weighted by molar-refractivity contribution is 0.151. The van der Waals surface area contributed by atoms with Crippen LogP contribution in [0, 0.1) is 6.92 Å². The molecular formula is C22H26N4O. The molecule has 0 unspecified atom stereocenters. The maximum absolute atomic E-state index is 6.10. The van der Waals surface area contributed by atoms with Crippen molar-refractivity contribution in [3.05, 3.63) is 65.7 Å². The van der Waals surface area contributed by atoms with Crippen LogP contribution in [0.5, 0.6) is 5.75 Å². The van der Waals surface area contributed by atoms with E-state index in [1.807, 2.05) is 30.7 Å². The Morgan fingerprint density at radius 1 is 1.15 bits per heavy atom. The van der Waals surface area contributed by atoms with Crippen molar-refractivity contribution >= 4 is 0 Å². The Hall–Kier alpha value is -2.66. The molecule has 0 bridgehead atoms. The van der Waals surface area contributed by atoms with E-state index in [0.29, 0.717) is 12.6 Å². The van der Waals surface area contributed by atoms with E-state index in [-0.39, 0.29) is 0 Å². The fraction of sp³-hybridized carbons (Fsp3) is 0.364. The van der Waals surface area contributed by atoms with Gasteiger partial charge in [-0.1, -0.05) is 6.07 Å². The average molecular weight is 362 g/mol. The van der Waals surface area contributed by atoms with Gasteiger partial charge in [0.15, 0.2) is 0 Å². The third-order valence-corrected chi connectivity index (χ3v) is 5.43. The molecule has 27 heavy (non-hydrogen) atoms. The fourth-order valence-corrected chi connectivity index (χ4v) is 3.65. The summed E-state index contributed by atoms with van der Waals surface area (Å²) in [7, 11) is 0. The lowest BCUT2D eigenvalue weighted by Crippen LogP contribution is -2.34. The summed E-state index contributed by atoms with van der Waals surface area (Å²) in [4.78, 5) is 6.60. The van der Waals surface area contributed by atoms with Crippen molar-refractivity contribution < 1.29 is 4.74 Å². The standard InChI is InChI=1S/C22H26N4O/c1-4-26-17(3)21(12-24-26)14-25-13-20-11-19(18-7-9-23-10-8-18)5-6-22(20)27-15-16(25)2/h5-12,16H,4,13-15H2,1-3H3/t16-/m0/s1. The first-order chi connectivity index (χ1) is 13.2. The molecule has 140 valence electrons. The number of aryl methyl sites for hydroxylation is 1. The van der Waals surface area contributed by atoms with Crippen molar-refractivity contribution in [1.29, 1.82) is 0 Å². The number of rotatable bonds is 4. The number of ether oxygens (including phenoxy) is 1. The smallest absolute Gasteiger partial charge is 0.123 e. The molecule has 0 spiro atoms. The van der Waals surface area contributed by atoms with E-state index < -0.39 is 0 Å². The lowest BCUT2D eigenvalue weighted by atomic mass is 10.0. The summed E-state index contributed by atoms with van der Waals surface area (Å²) < 4.78 is 8.16. The number of fused-ring (bicyclic) bond motifs is 1. The van der Waals surface area contributed by atoms with E-state index in [0.717, 1.165) is 25.4 Å². The van der Waals surface area contributed by atoms with E-state index >= 15 is 0 Å². The number of hydrogen-bond donors (Lipinski definition) is 0. The van der Waals surface area contributed by atoms with Crippen LogP contribution in [0.15, 0.2) is 48.9 Å². The highest BCUT2D eigenvalue weighted by molar-refractivity contribution is 5.65. The van der Waals surface area contributed by atoms with Crippen molar-refractivity contribution in [1.82, 2.24) is 19.7 Å². The predicted molar refractivity (Wildman–Crippen MR) is 107 cm³/mol. The number of hydrogen-bond acceptors (Lipinski definition) is 4. The largest absolute Gasteiger partial charge is 0.492 e. The molecule has 4 rings (SSSR count). The monoisotopic (exact) mass is 362 g/mol. The van der Waals surface area contributed by atoms with Crippen LogP contribution in [0.1, 0.15) is 30.7 Å². The Balaban J connectivity index is 1.62. The van der Waals surface area contributed by atoms with Crippen molar-refractivity contribution in [3.8, 4) is 16.9 Å². The molecule has 0 amide bonds. The van der Waals surface area contributed by atoms with Crippen LogP contribution >= 0.6 is 0 Å². The zero-order valence-electron chi connectivity index (χ0n) is 16.2. The van der Waals surface area contributed by atoms with Gasteiger partial charge in [0.05, 0.1) is 6.20 Å². The van der Waals surface area contributed by atoms with Crippen molar-refractivity contribution in [3.63, 3.8) is 0 Å².